The predicted molar refractivity (Wildman–Crippen MR) is 68.3 cm³/mol. The van der Waals surface area contributed by atoms with Gasteiger partial charge >= 0.3 is 5.97 Å². The summed E-state index contributed by atoms with van der Waals surface area (Å²) in [7, 11) is 0. The van der Waals surface area contributed by atoms with E-state index < -0.39 is 10.9 Å². The number of hydrogen-bond donors (Lipinski definition) is 1. The predicted octanol–water partition coefficient (Wildman–Crippen LogP) is 2.45. The van der Waals surface area contributed by atoms with Gasteiger partial charge in [0.05, 0.1) is 10.5 Å². The van der Waals surface area contributed by atoms with Crippen LogP contribution in [0.4, 0.5) is 5.69 Å². The summed E-state index contributed by atoms with van der Waals surface area (Å²) < 4.78 is 1.80. The number of benzene rings is 1. The molecule has 6 heteroatoms. The van der Waals surface area contributed by atoms with Crippen molar-refractivity contribution < 1.29 is 14.8 Å². The molecule has 0 aliphatic heterocycles. The number of hydrogen-bond acceptors (Lipinski definition) is 3. The molecule has 98 valence electrons. The van der Waals surface area contributed by atoms with Gasteiger partial charge in [0.2, 0.25) is 0 Å². The highest BCUT2D eigenvalue weighted by atomic mass is 16.6. The zero-order chi connectivity index (χ0) is 14.0. The fourth-order valence-electron chi connectivity index (χ4n) is 1.87. The summed E-state index contributed by atoms with van der Waals surface area (Å²) in [5.74, 6) is -0.958. The average Bonchev–Trinajstić information content (AvgIpc) is 2.72. The Balaban J connectivity index is 2.21. The van der Waals surface area contributed by atoms with Gasteiger partial charge in [0.15, 0.2) is 0 Å². The number of non-ortho nitro benzene ring substituents is 1. The third-order valence-corrected chi connectivity index (χ3v) is 2.97. The molecule has 0 atom stereocenters. The first-order valence-electron chi connectivity index (χ1n) is 5.61. The Bertz CT molecular complexity index is 629. The van der Waals surface area contributed by atoms with Gasteiger partial charge < -0.3 is 9.67 Å². The number of aromatic nitrogens is 1. The van der Waals surface area contributed by atoms with Crippen LogP contribution in [0, 0.1) is 17.0 Å². The Kier molecular flexibility index (Phi) is 3.33. The molecular weight excluding hydrogens is 248 g/mol. The molecule has 2 aromatic rings. The van der Waals surface area contributed by atoms with E-state index in [4.69, 9.17) is 5.11 Å². The maximum absolute atomic E-state index is 10.9. The summed E-state index contributed by atoms with van der Waals surface area (Å²) in [6.45, 7) is 2.21. The minimum absolute atomic E-state index is 0.0409. The van der Waals surface area contributed by atoms with Crippen molar-refractivity contribution >= 4 is 11.7 Å². The number of nitro groups is 1. The molecule has 1 aromatic heterocycles. The molecule has 0 saturated heterocycles. The monoisotopic (exact) mass is 260 g/mol. The van der Waals surface area contributed by atoms with E-state index >= 15 is 0 Å². The fraction of sp³-hybridized carbons (Fsp3) is 0.154. The average molecular weight is 260 g/mol. The van der Waals surface area contributed by atoms with E-state index in [9.17, 15) is 14.9 Å². The van der Waals surface area contributed by atoms with Crippen molar-refractivity contribution in [2.75, 3.05) is 0 Å². The molecule has 0 unspecified atom stereocenters. The summed E-state index contributed by atoms with van der Waals surface area (Å²) in [5, 5.41) is 19.5. The molecule has 0 fully saturated rings. The number of nitro benzene ring substituents is 1. The van der Waals surface area contributed by atoms with Crippen molar-refractivity contribution in [3.8, 4) is 0 Å². The molecule has 0 aliphatic carbocycles. The van der Waals surface area contributed by atoms with Crippen LogP contribution in [0.3, 0.4) is 0 Å². The number of carboxylic acids is 1. The number of carbonyl (C=O) groups is 1. The third kappa shape index (κ3) is 2.62. The topological polar surface area (TPSA) is 85.4 Å². The Morgan fingerprint density at radius 3 is 2.42 bits per heavy atom. The third-order valence-electron chi connectivity index (χ3n) is 2.97. The van der Waals surface area contributed by atoms with Crippen molar-refractivity contribution in [1.29, 1.82) is 0 Å². The molecule has 1 heterocycles. The van der Waals surface area contributed by atoms with Crippen LogP contribution >= 0.6 is 0 Å². The Morgan fingerprint density at radius 2 is 1.95 bits per heavy atom. The molecule has 1 aromatic carbocycles. The van der Waals surface area contributed by atoms with E-state index in [1.165, 1.54) is 12.1 Å². The van der Waals surface area contributed by atoms with Gasteiger partial charge in [0.1, 0.15) is 0 Å². The van der Waals surface area contributed by atoms with Crippen molar-refractivity contribution in [2.24, 2.45) is 0 Å². The molecule has 1 N–H and O–H groups in total. The van der Waals surface area contributed by atoms with E-state index in [0.29, 0.717) is 12.2 Å². The van der Waals surface area contributed by atoms with Crippen LogP contribution in [0.25, 0.3) is 0 Å². The number of nitrogens with zero attached hydrogens (tertiary/aromatic N) is 2. The highest BCUT2D eigenvalue weighted by Crippen LogP contribution is 2.15. The van der Waals surface area contributed by atoms with Crippen molar-refractivity contribution in [3.63, 3.8) is 0 Å². The van der Waals surface area contributed by atoms with Gasteiger partial charge in [-0.2, -0.15) is 0 Å². The molecule has 0 saturated carbocycles. The molecule has 0 aliphatic rings. The van der Waals surface area contributed by atoms with E-state index in [0.717, 1.165) is 5.56 Å². The maximum Gasteiger partial charge on any atom is 0.337 e. The summed E-state index contributed by atoms with van der Waals surface area (Å²) >= 11 is 0. The molecule has 0 spiro atoms. The second kappa shape index (κ2) is 4.93. The van der Waals surface area contributed by atoms with Crippen molar-refractivity contribution in [1.82, 2.24) is 4.57 Å². The lowest BCUT2D eigenvalue weighted by Gasteiger charge is -2.06. The lowest BCUT2D eigenvalue weighted by atomic mass is 10.2. The quantitative estimate of drug-likeness (QED) is 0.675. The van der Waals surface area contributed by atoms with Crippen LogP contribution in [-0.2, 0) is 6.54 Å². The summed E-state index contributed by atoms with van der Waals surface area (Å²) in [5.41, 5.74) is 1.84. The van der Waals surface area contributed by atoms with Gasteiger partial charge in [-0.15, -0.1) is 0 Å². The van der Waals surface area contributed by atoms with Crippen molar-refractivity contribution in [3.05, 3.63) is 63.5 Å². The molecular formula is C13H12N2O4. The zero-order valence-electron chi connectivity index (χ0n) is 10.2. The Hall–Kier alpha value is -2.63. The van der Waals surface area contributed by atoms with Crippen LogP contribution in [0.15, 0.2) is 36.5 Å². The fourth-order valence-corrected chi connectivity index (χ4v) is 1.87. The van der Waals surface area contributed by atoms with Crippen LogP contribution in [0.5, 0.6) is 0 Å². The first-order chi connectivity index (χ1) is 8.99. The van der Waals surface area contributed by atoms with Crippen LogP contribution in [0.2, 0.25) is 0 Å². The summed E-state index contributed by atoms with van der Waals surface area (Å²) in [4.78, 5) is 21.0. The zero-order valence-corrected chi connectivity index (χ0v) is 10.2. The molecule has 0 radical (unpaired) electrons. The van der Waals surface area contributed by atoms with E-state index in [1.54, 1.807) is 35.9 Å². The van der Waals surface area contributed by atoms with Gasteiger partial charge in [-0.3, -0.25) is 10.1 Å². The Morgan fingerprint density at radius 1 is 1.32 bits per heavy atom. The van der Waals surface area contributed by atoms with E-state index in [2.05, 4.69) is 0 Å². The van der Waals surface area contributed by atoms with Crippen LogP contribution in [0.1, 0.15) is 21.6 Å². The minimum atomic E-state index is -0.958. The standard InChI is InChI=1S/C13H12N2O4/c1-9-12(13(16)17)6-7-14(9)8-10-2-4-11(5-3-10)15(18)19/h2-7H,8H2,1H3,(H,16,17). The lowest BCUT2D eigenvalue weighted by Crippen LogP contribution is -2.04. The molecule has 2 rings (SSSR count). The van der Waals surface area contributed by atoms with Gasteiger partial charge in [-0.1, -0.05) is 12.1 Å². The van der Waals surface area contributed by atoms with Gasteiger partial charge in [0.25, 0.3) is 5.69 Å². The minimum Gasteiger partial charge on any atom is -0.478 e. The van der Waals surface area contributed by atoms with Gasteiger partial charge in [-0.05, 0) is 18.6 Å². The van der Waals surface area contributed by atoms with Gasteiger partial charge in [-0.25, -0.2) is 4.79 Å². The number of carboxylic acid groups (broad SMARTS) is 1. The first kappa shape index (κ1) is 12.8. The van der Waals surface area contributed by atoms with E-state index in [-0.39, 0.29) is 11.3 Å². The highest BCUT2D eigenvalue weighted by molar-refractivity contribution is 5.88. The maximum atomic E-state index is 10.9. The van der Waals surface area contributed by atoms with E-state index in [1.807, 2.05) is 0 Å². The number of rotatable bonds is 4. The smallest absolute Gasteiger partial charge is 0.337 e. The molecule has 6 nitrogen and oxygen atoms in total. The lowest BCUT2D eigenvalue weighted by molar-refractivity contribution is -0.384. The second-order valence-corrected chi connectivity index (χ2v) is 4.17. The molecule has 0 amide bonds. The van der Waals surface area contributed by atoms with Crippen molar-refractivity contribution in [2.45, 2.75) is 13.5 Å². The Labute approximate surface area is 109 Å². The van der Waals surface area contributed by atoms with Crippen LogP contribution in [-0.4, -0.2) is 20.6 Å². The normalized spacial score (nSPS) is 10.4. The molecule has 0 bridgehead atoms. The largest absolute Gasteiger partial charge is 0.478 e. The summed E-state index contributed by atoms with van der Waals surface area (Å²) in [6, 6.07) is 7.75. The van der Waals surface area contributed by atoms with Gasteiger partial charge in [0, 0.05) is 30.6 Å². The van der Waals surface area contributed by atoms with Crippen LogP contribution < -0.4 is 0 Å². The second-order valence-electron chi connectivity index (χ2n) is 4.17. The first-order valence-corrected chi connectivity index (χ1v) is 5.61. The molecule has 19 heavy (non-hydrogen) atoms. The number of aromatic carboxylic acids is 1. The highest BCUT2D eigenvalue weighted by Gasteiger charge is 2.11. The summed E-state index contributed by atoms with van der Waals surface area (Å²) in [6.07, 6.45) is 1.69. The SMILES string of the molecule is Cc1c(C(=O)O)ccn1Cc1ccc([N+](=O)[O-])cc1.